The monoisotopic (exact) mass is 992 g/mol. The molecule has 5 aromatic carbocycles. The van der Waals surface area contributed by atoms with E-state index in [1.54, 1.807) is 48.5 Å². The molecule has 2 saturated heterocycles. The molecule has 4 heterocycles. The number of hydrogen-bond acceptors (Lipinski definition) is 8. The van der Waals surface area contributed by atoms with Crippen LogP contribution in [-0.4, -0.2) is 78.9 Å². The Morgan fingerprint density at radius 3 is 1.58 bits per heavy atom. The molecule has 0 radical (unpaired) electrons. The minimum atomic E-state index is -0.752. The number of carbonyl (C=O) groups is 4. The molecule has 0 spiro atoms. The SMILES string of the molecule is CC(C)C(NC(=O)Oc1ccccc1)C(=O)N1CCC[C@H]1c1ncc(-c2ccc(-c3ccc(-c4ccc5nc(C6CCCN6C(=O)[C@@H](NC(=O)Oc6ccccc6)C(C)C)[nH]c5c4)c4c3C3CCC4CC3)cc2)[nH]1. The number of ether oxygens (including phenoxy) is 2. The Hall–Kier alpha value is -7.74. The van der Waals surface area contributed by atoms with Gasteiger partial charge >= 0.3 is 12.2 Å². The number of nitrogens with zero attached hydrogens (tertiary/aromatic N) is 4. The van der Waals surface area contributed by atoms with Gasteiger partial charge in [0, 0.05) is 13.1 Å². The molecule has 74 heavy (non-hydrogen) atoms. The van der Waals surface area contributed by atoms with Crippen LogP contribution in [0.4, 0.5) is 9.59 Å². The first-order chi connectivity index (χ1) is 36.0. The number of para-hydroxylation sites is 2. The van der Waals surface area contributed by atoms with Gasteiger partial charge in [-0.15, -0.1) is 0 Å². The first-order valence-corrected chi connectivity index (χ1v) is 26.5. The summed E-state index contributed by atoms with van der Waals surface area (Å²) in [5.74, 6) is 2.71. The third kappa shape index (κ3) is 9.65. The number of imidazole rings is 2. The van der Waals surface area contributed by atoms with Crippen LogP contribution in [0.25, 0.3) is 44.5 Å². The average Bonchev–Trinajstić information content (AvgIpc) is 4.28. The molecule has 2 bridgehead atoms. The van der Waals surface area contributed by atoms with Crippen LogP contribution in [0.2, 0.25) is 0 Å². The van der Waals surface area contributed by atoms with Crippen LogP contribution in [-0.2, 0) is 9.59 Å². The quantitative estimate of drug-likeness (QED) is 0.0883. The number of H-pyrrole nitrogens is 2. The summed E-state index contributed by atoms with van der Waals surface area (Å²) in [7, 11) is 0. The van der Waals surface area contributed by atoms with Crippen molar-refractivity contribution >= 4 is 35.0 Å². The van der Waals surface area contributed by atoms with Crippen molar-refractivity contribution in [2.75, 3.05) is 13.1 Å². The second-order valence-electron chi connectivity index (χ2n) is 21.2. The molecular weight excluding hydrogens is 929 g/mol. The van der Waals surface area contributed by atoms with Gasteiger partial charge in [-0.05, 0) is 150 Å². The van der Waals surface area contributed by atoms with Crippen molar-refractivity contribution in [2.45, 2.75) is 115 Å². The lowest BCUT2D eigenvalue weighted by molar-refractivity contribution is -0.136. The maximum atomic E-state index is 14.2. The largest absolute Gasteiger partial charge is 0.413 e. The highest BCUT2D eigenvalue weighted by Crippen LogP contribution is 2.55. The lowest BCUT2D eigenvalue weighted by Gasteiger charge is -2.41. The Labute approximate surface area is 431 Å². The number of likely N-dealkylation sites (tertiary alicyclic amines) is 2. The van der Waals surface area contributed by atoms with E-state index in [2.05, 4.69) is 75.2 Å². The van der Waals surface area contributed by atoms with Gasteiger partial charge in [0.2, 0.25) is 11.8 Å². The highest BCUT2D eigenvalue weighted by molar-refractivity contribution is 5.89. The Morgan fingerprint density at radius 1 is 0.568 bits per heavy atom. The van der Waals surface area contributed by atoms with Crippen molar-refractivity contribution in [1.82, 2.24) is 40.4 Å². The second-order valence-corrected chi connectivity index (χ2v) is 21.2. The predicted octanol–water partition coefficient (Wildman–Crippen LogP) is 12.0. The zero-order valence-electron chi connectivity index (χ0n) is 42.5. The van der Waals surface area contributed by atoms with E-state index >= 15 is 0 Å². The number of rotatable bonds is 13. The smallest absolute Gasteiger partial charge is 0.410 e. The fourth-order valence-electron chi connectivity index (χ4n) is 12.0. The highest BCUT2D eigenvalue weighted by Gasteiger charge is 2.40. The molecule has 4 atom stereocenters. The summed E-state index contributed by atoms with van der Waals surface area (Å²) in [5.41, 5.74) is 11.5. The van der Waals surface area contributed by atoms with Crippen molar-refractivity contribution < 1.29 is 28.7 Å². The van der Waals surface area contributed by atoms with E-state index in [0.29, 0.717) is 36.4 Å². The molecule has 7 aromatic rings. The highest BCUT2D eigenvalue weighted by atomic mass is 16.6. The topological polar surface area (TPSA) is 175 Å². The summed E-state index contributed by atoms with van der Waals surface area (Å²) in [6.07, 6.45) is 8.52. The zero-order chi connectivity index (χ0) is 51.0. The van der Waals surface area contributed by atoms with E-state index < -0.39 is 24.3 Å². The summed E-state index contributed by atoms with van der Waals surface area (Å²) < 4.78 is 11.0. The molecule has 14 heteroatoms. The molecule has 2 unspecified atom stereocenters. The van der Waals surface area contributed by atoms with Crippen molar-refractivity contribution in [3.05, 3.63) is 144 Å². The fraction of sp³-hybridized carbons (Fsp3) is 0.367. The van der Waals surface area contributed by atoms with Crippen molar-refractivity contribution in [1.29, 1.82) is 0 Å². The molecule has 380 valence electrons. The molecule has 2 aromatic heterocycles. The predicted molar refractivity (Wildman–Crippen MR) is 284 cm³/mol. The summed E-state index contributed by atoms with van der Waals surface area (Å²) in [6, 6.07) is 35.6. The molecule has 4 amide bonds. The van der Waals surface area contributed by atoms with Gasteiger partial charge in [-0.2, -0.15) is 0 Å². The van der Waals surface area contributed by atoms with Crippen molar-refractivity contribution in [3.8, 4) is 45.0 Å². The number of benzene rings is 5. The number of carbonyl (C=O) groups excluding carboxylic acids is 4. The van der Waals surface area contributed by atoms with Gasteiger partial charge in [-0.25, -0.2) is 19.6 Å². The van der Waals surface area contributed by atoms with E-state index in [4.69, 9.17) is 19.4 Å². The van der Waals surface area contributed by atoms with Gasteiger partial charge in [0.1, 0.15) is 35.2 Å². The van der Waals surface area contributed by atoms with Gasteiger partial charge in [0.15, 0.2) is 0 Å². The van der Waals surface area contributed by atoms with Crippen LogP contribution in [0.15, 0.2) is 121 Å². The summed E-state index contributed by atoms with van der Waals surface area (Å²) in [6.45, 7) is 8.87. The zero-order valence-corrected chi connectivity index (χ0v) is 42.5. The molecule has 4 N–H and O–H groups in total. The maximum Gasteiger partial charge on any atom is 0.413 e. The van der Waals surface area contributed by atoms with Gasteiger partial charge in [-0.1, -0.05) is 107 Å². The van der Waals surface area contributed by atoms with Crippen LogP contribution in [0.5, 0.6) is 11.5 Å². The minimum absolute atomic E-state index is 0.141. The number of nitrogens with one attached hydrogen (secondary N) is 4. The third-order valence-electron chi connectivity index (χ3n) is 15.8. The van der Waals surface area contributed by atoms with Crippen LogP contribution in [0.1, 0.15) is 126 Å². The number of hydrogen-bond donors (Lipinski definition) is 4. The molecule has 2 aliphatic heterocycles. The number of aromatic nitrogens is 4. The lowest BCUT2D eigenvalue weighted by Crippen LogP contribution is -2.51. The van der Waals surface area contributed by atoms with Gasteiger partial charge < -0.3 is 39.9 Å². The molecule has 3 fully saturated rings. The number of aromatic amines is 2. The number of amides is 4. The molecular formula is C60H64N8O6. The third-order valence-corrected chi connectivity index (χ3v) is 15.8. The van der Waals surface area contributed by atoms with E-state index in [0.717, 1.165) is 65.2 Å². The van der Waals surface area contributed by atoms with E-state index in [1.165, 1.54) is 53.5 Å². The Balaban J connectivity index is 0.802. The van der Waals surface area contributed by atoms with E-state index in [1.807, 2.05) is 55.8 Å². The molecule has 12 rings (SSSR count). The van der Waals surface area contributed by atoms with Crippen LogP contribution in [0, 0.1) is 11.8 Å². The Kier molecular flexibility index (Phi) is 13.5. The molecule has 1 saturated carbocycles. The summed E-state index contributed by atoms with van der Waals surface area (Å²) in [5, 5.41) is 5.67. The standard InChI is InChI=1S/C60H64N8O6/c1-35(2)53(65-59(71)73-42-13-7-5-8-14-42)57(69)67-31-11-17-49(67)55-61-34-48(64-55)38-21-19-37(20-22-38)44-28-29-45(52-40-25-23-39(24-26-40)51(44)52)41-27-30-46-47(33-41)63-56(62-46)50-18-12-32-68(50)58(70)54(36(3)4)66-60(72)74-43-15-9-6-10-16-43/h5-10,13-16,19-22,27-30,33-36,39-40,49-50,53-54H,11-12,17-18,23-26,31-32H2,1-4H3,(H,61,64)(H,62,63)(H,65,71)(H,66,72)/t39?,40?,49-,50?,53?,54-/m0/s1. The van der Waals surface area contributed by atoms with Crippen LogP contribution in [0.3, 0.4) is 0 Å². The first-order valence-electron chi connectivity index (χ1n) is 26.5. The van der Waals surface area contributed by atoms with Gasteiger partial charge in [0.05, 0.1) is 35.0 Å². The van der Waals surface area contributed by atoms with E-state index in [-0.39, 0.29) is 35.7 Å². The molecule has 14 nitrogen and oxygen atoms in total. The molecule has 3 aliphatic carbocycles. The normalized spacial score (nSPS) is 19.9. The van der Waals surface area contributed by atoms with Gasteiger partial charge in [-0.3, -0.25) is 9.59 Å². The summed E-state index contributed by atoms with van der Waals surface area (Å²) in [4.78, 5) is 74.8. The second kappa shape index (κ2) is 20.6. The van der Waals surface area contributed by atoms with Crippen molar-refractivity contribution in [2.24, 2.45) is 11.8 Å². The Morgan fingerprint density at radius 2 is 1.05 bits per heavy atom. The molecule has 5 aliphatic rings. The summed E-state index contributed by atoms with van der Waals surface area (Å²) >= 11 is 0. The number of fused-ring (bicyclic) bond motifs is 3. The Bertz CT molecular complexity index is 3180. The van der Waals surface area contributed by atoms with E-state index in [9.17, 15) is 19.2 Å². The lowest BCUT2D eigenvalue weighted by atomic mass is 9.63. The fourth-order valence-corrected chi connectivity index (χ4v) is 12.0. The maximum absolute atomic E-state index is 14.2. The van der Waals surface area contributed by atoms with Gasteiger partial charge in [0.25, 0.3) is 0 Å². The minimum Gasteiger partial charge on any atom is -0.410 e. The van der Waals surface area contributed by atoms with Crippen LogP contribution < -0.4 is 20.1 Å². The van der Waals surface area contributed by atoms with Crippen LogP contribution >= 0.6 is 0 Å². The van der Waals surface area contributed by atoms with Crippen molar-refractivity contribution in [3.63, 3.8) is 0 Å². The first kappa shape index (κ1) is 48.5. The average molecular weight is 993 g/mol.